The van der Waals surface area contributed by atoms with Crippen LogP contribution in [0.3, 0.4) is 0 Å². The molecule has 0 radical (unpaired) electrons. The molecule has 1 amide bonds. The molecule has 0 spiro atoms. The Bertz CT molecular complexity index is 1170. The fourth-order valence-corrected chi connectivity index (χ4v) is 6.07. The Morgan fingerprint density at radius 1 is 1.31 bits per heavy atom. The van der Waals surface area contributed by atoms with Gasteiger partial charge in [-0.3, -0.25) is 19.3 Å². The number of carbonyl (C=O) groups excluding carboxylic acids is 3. The minimum atomic E-state index is -2.11. The number of ketones is 2. The highest BCUT2D eigenvalue weighted by Gasteiger charge is 2.55. The first-order chi connectivity index (χ1) is 16.8. The Morgan fingerprint density at radius 3 is 2.44 bits per heavy atom. The van der Waals surface area contributed by atoms with Crippen molar-refractivity contribution in [3.63, 3.8) is 0 Å². The van der Waals surface area contributed by atoms with Crippen LogP contribution in [0.4, 0.5) is 0 Å². The number of hydrogen-bond donors (Lipinski definition) is 6. The first-order valence-corrected chi connectivity index (χ1v) is 12.8. The molecule has 10 nitrogen and oxygen atoms in total. The highest BCUT2D eigenvalue weighted by atomic mass is 32.2. The number of rotatable bonds is 8. The van der Waals surface area contributed by atoms with E-state index in [0.717, 1.165) is 5.56 Å². The summed E-state index contributed by atoms with van der Waals surface area (Å²) in [5, 5.41) is 43.1. The second-order valence-corrected chi connectivity index (χ2v) is 10.6. The molecule has 1 aromatic rings. The van der Waals surface area contributed by atoms with Gasteiger partial charge in [0.2, 0.25) is 0 Å². The van der Waals surface area contributed by atoms with Gasteiger partial charge in [0.1, 0.15) is 22.7 Å². The number of nitrogens with zero attached hydrogens (tertiary/aromatic N) is 1. The van der Waals surface area contributed by atoms with E-state index in [1.54, 1.807) is 20.2 Å². The Morgan fingerprint density at radius 2 is 1.94 bits per heavy atom. The van der Waals surface area contributed by atoms with Gasteiger partial charge >= 0.3 is 0 Å². The number of phenols is 1. The molecule has 3 rings (SSSR count). The molecule has 36 heavy (non-hydrogen) atoms. The Labute approximate surface area is 213 Å². The SMILES string of the molecule is CSCc1cc(CN)c2c(c1O)C(O)=C1C(=O)C(C)(O)C(C(C(=O)C(=CO)C(N)=O)N(C)C)CC1C2. The molecule has 1 saturated carbocycles. The summed E-state index contributed by atoms with van der Waals surface area (Å²) < 4.78 is 0. The third-order valence-electron chi connectivity index (χ3n) is 7.28. The normalized spacial score (nSPS) is 25.0. The van der Waals surface area contributed by atoms with E-state index in [2.05, 4.69) is 0 Å². The number of amides is 1. The summed E-state index contributed by atoms with van der Waals surface area (Å²) in [5.41, 5.74) is 10.5. The molecule has 11 heteroatoms. The molecular weight excluding hydrogens is 486 g/mol. The maximum Gasteiger partial charge on any atom is 0.255 e. The van der Waals surface area contributed by atoms with Crippen molar-refractivity contribution in [1.29, 1.82) is 0 Å². The number of primary amides is 1. The third kappa shape index (κ3) is 4.40. The molecule has 0 aliphatic heterocycles. The highest BCUT2D eigenvalue weighted by Crippen LogP contribution is 2.50. The number of fused-ring (bicyclic) bond motifs is 2. The largest absolute Gasteiger partial charge is 0.515 e. The molecule has 2 aliphatic carbocycles. The second-order valence-electron chi connectivity index (χ2n) is 9.70. The molecule has 0 bridgehead atoms. The number of hydrogen-bond acceptors (Lipinski definition) is 10. The fraction of sp³-hybridized carbons (Fsp3) is 0.480. The molecule has 4 atom stereocenters. The van der Waals surface area contributed by atoms with Crippen LogP contribution in [0.2, 0.25) is 0 Å². The number of benzene rings is 1. The van der Waals surface area contributed by atoms with Crippen molar-refractivity contribution in [2.45, 2.75) is 43.7 Å². The summed E-state index contributed by atoms with van der Waals surface area (Å²) in [7, 11) is 3.10. The van der Waals surface area contributed by atoms with Crippen molar-refractivity contribution in [2.75, 3.05) is 20.4 Å². The molecule has 1 fully saturated rings. The molecule has 4 unspecified atom stereocenters. The molecule has 196 valence electrons. The highest BCUT2D eigenvalue weighted by molar-refractivity contribution is 7.97. The van der Waals surface area contributed by atoms with Crippen molar-refractivity contribution in [2.24, 2.45) is 23.3 Å². The standard InChI is InChI=1S/C25H33N3O7S/c1-25(35)16(19(28(2)3)21(31)15(9-29)24(27)34)7-11-6-14-12(8-26)5-13(10-36-4)20(30)18(14)22(32)17(11)23(25)33/h5,9,11,16,19,29-30,32,35H,6-8,10,26H2,1-4H3,(H2,27,34). The van der Waals surface area contributed by atoms with E-state index < -0.39 is 52.3 Å². The summed E-state index contributed by atoms with van der Waals surface area (Å²) >= 11 is 1.48. The summed E-state index contributed by atoms with van der Waals surface area (Å²) in [6, 6.07) is 0.615. The third-order valence-corrected chi connectivity index (χ3v) is 7.88. The first kappa shape index (κ1) is 27.7. The number of phenolic OH excluding ortho intramolecular Hbond substituents is 1. The van der Waals surface area contributed by atoms with Crippen LogP contribution in [0.15, 0.2) is 23.5 Å². The van der Waals surface area contributed by atoms with Crippen LogP contribution in [0.25, 0.3) is 5.76 Å². The van der Waals surface area contributed by atoms with Crippen LogP contribution in [0, 0.1) is 11.8 Å². The number of aliphatic hydroxyl groups excluding tert-OH is 2. The molecule has 1 aromatic carbocycles. The molecule has 0 saturated heterocycles. The maximum absolute atomic E-state index is 13.6. The summed E-state index contributed by atoms with van der Waals surface area (Å²) in [4.78, 5) is 40.1. The van der Waals surface area contributed by atoms with Crippen molar-refractivity contribution >= 4 is 35.0 Å². The monoisotopic (exact) mass is 519 g/mol. The van der Waals surface area contributed by atoms with E-state index in [9.17, 15) is 34.8 Å². The van der Waals surface area contributed by atoms with Crippen molar-refractivity contribution in [3.8, 4) is 5.75 Å². The average molecular weight is 520 g/mol. The number of thioether (sulfide) groups is 1. The zero-order chi connectivity index (χ0) is 27.1. The van der Waals surface area contributed by atoms with Crippen LogP contribution in [0.5, 0.6) is 5.75 Å². The Hall–Kier alpha value is -2.86. The van der Waals surface area contributed by atoms with Crippen molar-refractivity contribution in [1.82, 2.24) is 4.90 Å². The van der Waals surface area contributed by atoms with E-state index in [4.69, 9.17) is 11.5 Å². The lowest BCUT2D eigenvalue weighted by Crippen LogP contribution is -2.60. The van der Waals surface area contributed by atoms with Gasteiger partial charge in [0.25, 0.3) is 5.91 Å². The molecular formula is C25H33N3O7S. The number of carbonyl (C=O) groups is 3. The quantitative estimate of drug-likeness (QED) is 0.125. The second kappa shape index (κ2) is 10.3. The number of aromatic hydroxyl groups is 1. The predicted molar refractivity (Wildman–Crippen MR) is 136 cm³/mol. The predicted octanol–water partition coefficient (Wildman–Crippen LogP) is 0.922. The van der Waals surface area contributed by atoms with Gasteiger partial charge in [0, 0.05) is 29.4 Å². The number of likely N-dealkylation sites (N-methyl/N-ethyl adjacent to an activating group) is 1. The van der Waals surface area contributed by atoms with E-state index >= 15 is 0 Å². The number of aliphatic hydroxyl groups is 3. The van der Waals surface area contributed by atoms with Crippen LogP contribution in [0.1, 0.15) is 35.6 Å². The van der Waals surface area contributed by atoms with Gasteiger partial charge in [-0.15, -0.1) is 0 Å². The molecule has 0 aromatic heterocycles. The van der Waals surface area contributed by atoms with Crippen LogP contribution >= 0.6 is 11.8 Å². The molecule has 0 heterocycles. The summed E-state index contributed by atoms with van der Waals surface area (Å²) in [6.45, 7) is 1.41. The lowest BCUT2D eigenvalue weighted by Gasteiger charge is -2.47. The number of Topliss-reactive ketones (excluding diaryl/α,β-unsaturated/α-hetero) is 2. The Balaban J connectivity index is 2.18. The minimum absolute atomic E-state index is 0.0129. The lowest BCUT2D eigenvalue weighted by molar-refractivity contribution is -0.148. The Kier molecular flexibility index (Phi) is 7.89. The lowest BCUT2D eigenvalue weighted by atomic mass is 9.61. The first-order valence-electron chi connectivity index (χ1n) is 11.4. The van der Waals surface area contributed by atoms with E-state index in [0.29, 0.717) is 23.1 Å². The van der Waals surface area contributed by atoms with E-state index in [1.165, 1.54) is 23.6 Å². The zero-order valence-corrected chi connectivity index (χ0v) is 21.6. The smallest absolute Gasteiger partial charge is 0.255 e. The maximum atomic E-state index is 13.6. The van der Waals surface area contributed by atoms with Gasteiger partial charge < -0.3 is 31.9 Å². The summed E-state index contributed by atoms with van der Waals surface area (Å²) in [5.74, 6) is -4.39. The van der Waals surface area contributed by atoms with Gasteiger partial charge in [-0.25, -0.2) is 0 Å². The van der Waals surface area contributed by atoms with E-state index in [-0.39, 0.29) is 36.3 Å². The van der Waals surface area contributed by atoms with Crippen molar-refractivity contribution < 1.29 is 34.8 Å². The van der Waals surface area contributed by atoms with Gasteiger partial charge in [0.05, 0.1) is 17.9 Å². The topological polar surface area (TPSA) is 187 Å². The van der Waals surface area contributed by atoms with Gasteiger partial charge in [-0.05, 0) is 63.2 Å². The van der Waals surface area contributed by atoms with Gasteiger partial charge in [-0.2, -0.15) is 11.8 Å². The average Bonchev–Trinajstić information content (AvgIpc) is 2.79. The van der Waals surface area contributed by atoms with Crippen LogP contribution < -0.4 is 11.5 Å². The minimum Gasteiger partial charge on any atom is -0.515 e. The van der Waals surface area contributed by atoms with Gasteiger partial charge in [-0.1, -0.05) is 0 Å². The van der Waals surface area contributed by atoms with Crippen LogP contribution in [-0.4, -0.2) is 74.8 Å². The van der Waals surface area contributed by atoms with E-state index in [1.807, 2.05) is 6.26 Å². The number of nitrogens with two attached hydrogens (primary N) is 2. The zero-order valence-electron chi connectivity index (χ0n) is 20.7. The fourth-order valence-electron chi connectivity index (χ4n) is 5.53. The van der Waals surface area contributed by atoms with Gasteiger partial charge in [0.15, 0.2) is 11.6 Å². The van der Waals surface area contributed by atoms with Crippen LogP contribution in [-0.2, 0) is 33.1 Å². The summed E-state index contributed by atoms with van der Waals surface area (Å²) in [6.07, 6.45) is 2.55. The van der Waals surface area contributed by atoms with Crippen molar-refractivity contribution in [3.05, 3.63) is 45.7 Å². The molecule has 2 aliphatic rings. The molecule has 8 N–H and O–H groups in total.